The van der Waals surface area contributed by atoms with Crippen molar-refractivity contribution < 1.29 is 17.9 Å². The van der Waals surface area contributed by atoms with Crippen LogP contribution in [0.4, 0.5) is 5.13 Å². The number of para-hydroxylation sites is 1. The third kappa shape index (κ3) is 5.63. The minimum absolute atomic E-state index is 0.130. The molecule has 1 aliphatic heterocycles. The maximum atomic E-state index is 12.9. The van der Waals surface area contributed by atoms with Gasteiger partial charge in [0.1, 0.15) is 15.7 Å². The van der Waals surface area contributed by atoms with Gasteiger partial charge in [-0.25, -0.2) is 13.4 Å². The van der Waals surface area contributed by atoms with Crippen LogP contribution in [0.15, 0.2) is 76.3 Å². The molecule has 2 aromatic heterocycles. The quantitative estimate of drug-likeness (QED) is 0.285. The highest BCUT2D eigenvalue weighted by Gasteiger charge is 2.34. The van der Waals surface area contributed by atoms with Crippen LogP contribution in [0.2, 0.25) is 4.34 Å². The van der Waals surface area contributed by atoms with Crippen molar-refractivity contribution in [3.63, 3.8) is 0 Å². The second-order valence-electron chi connectivity index (χ2n) is 8.23. The number of halogens is 1. The van der Waals surface area contributed by atoms with Crippen molar-refractivity contribution in [1.29, 1.82) is 0 Å². The predicted molar refractivity (Wildman–Crippen MR) is 144 cm³/mol. The second kappa shape index (κ2) is 10.7. The second-order valence-corrected chi connectivity index (χ2v) is 13.0. The lowest BCUT2D eigenvalue weighted by molar-refractivity contribution is -0.120. The molecule has 7 nitrogen and oxygen atoms in total. The number of sulfonamides is 1. The van der Waals surface area contributed by atoms with Gasteiger partial charge in [0.2, 0.25) is 5.91 Å². The Morgan fingerprint density at radius 1 is 1.06 bits per heavy atom. The summed E-state index contributed by atoms with van der Waals surface area (Å²) in [6, 6.07) is 20.2. The fraction of sp³-hybridized carbons (Fsp3) is 0.200. The van der Waals surface area contributed by atoms with Gasteiger partial charge in [-0.2, -0.15) is 4.31 Å². The van der Waals surface area contributed by atoms with Crippen LogP contribution < -0.4 is 10.1 Å². The van der Waals surface area contributed by atoms with E-state index >= 15 is 0 Å². The smallest absolute Gasteiger partial charge is 0.252 e. The normalized spacial score (nSPS) is 16.5. The molecule has 1 fully saturated rings. The van der Waals surface area contributed by atoms with E-state index in [0.29, 0.717) is 28.9 Å². The van der Waals surface area contributed by atoms with E-state index in [9.17, 15) is 13.2 Å². The van der Waals surface area contributed by atoms with E-state index in [0.717, 1.165) is 34.1 Å². The molecule has 1 atom stereocenters. The van der Waals surface area contributed by atoms with Crippen molar-refractivity contribution in [2.24, 2.45) is 5.92 Å². The number of hydrogen-bond donors (Lipinski definition) is 1. The molecule has 0 spiro atoms. The molecule has 36 heavy (non-hydrogen) atoms. The highest BCUT2D eigenvalue weighted by atomic mass is 35.5. The highest BCUT2D eigenvalue weighted by Crippen LogP contribution is 2.32. The van der Waals surface area contributed by atoms with Crippen LogP contribution in [-0.4, -0.2) is 36.7 Å². The molecule has 1 saturated heterocycles. The van der Waals surface area contributed by atoms with Gasteiger partial charge in [0.15, 0.2) is 5.13 Å². The number of benzene rings is 2. The maximum Gasteiger partial charge on any atom is 0.252 e. The number of rotatable bonds is 7. The number of anilines is 1. The van der Waals surface area contributed by atoms with Gasteiger partial charge < -0.3 is 10.1 Å². The lowest BCUT2D eigenvalue weighted by atomic mass is 9.99. The highest BCUT2D eigenvalue weighted by molar-refractivity contribution is 7.91. The average Bonchev–Trinajstić information content (AvgIpc) is 3.55. The van der Waals surface area contributed by atoms with E-state index in [1.807, 2.05) is 60.0 Å². The zero-order valence-corrected chi connectivity index (χ0v) is 22.2. The number of nitrogens with zero attached hydrogens (tertiary/aromatic N) is 2. The van der Waals surface area contributed by atoms with Gasteiger partial charge in [0, 0.05) is 24.0 Å². The van der Waals surface area contributed by atoms with Gasteiger partial charge in [-0.15, -0.1) is 22.7 Å². The van der Waals surface area contributed by atoms with Gasteiger partial charge in [-0.3, -0.25) is 4.79 Å². The van der Waals surface area contributed by atoms with Crippen molar-refractivity contribution >= 4 is 55.3 Å². The van der Waals surface area contributed by atoms with Gasteiger partial charge in [0.05, 0.1) is 15.9 Å². The molecule has 4 aromatic rings. The van der Waals surface area contributed by atoms with Gasteiger partial charge in [-0.1, -0.05) is 29.8 Å². The number of aromatic nitrogens is 1. The number of thiophene rings is 1. The number of ether oxygens (including phenoxy) is 1. The van der Waals surface area contributed by atoms with E-state index in [4.69, 9.17) is 16.3 Å². The van der Waals surface area contributed by atoms with Crippen LogP contribution >= 0.6 is 34.3 Å². The van der Waals surface area contributed by atoms with E-state index in [-0.39, 0.29) is 16.7 Å². The zero-order valence-electron chi connectivity index (χ0n) is 19.0. The summed E-state index contributed by atoms with van der Waals surface area (Å²) in [5.74, 6) is 0.796. The summed E-state index contributed by atoms with van der Waals surface area (Å²) in [4.78, 5) is 17.5. The molecule has 5 rings (SSSR count). The minimum atomic E-state index is -3.67. The fourth-order valence-electron chi connectivity index (χ4n) is 3.93. The lowest BCUT2D eigenvalue weighted by Crippen LogP contribution is -2.43. The first kappa shape index (κ1) is 24.9. The molecule has 11 heteroatoms. The molecule has 1 aliphatic rings. The molecule has 3 heterocycles. The number of piperidine rings is 1. The number of carbonyl (C=O) groups is 1. The summed E-state index contributed by atoms with van der Waals surface area (Å²) in [6.45, 7) is 0.512. The molecule has 0 saturated carbocycles. The van der Waals surface area contributed by atoms with Crippen LogP contribution in [0.3, 0.4) is 0 Å². The summed E-state index contributed by atoms with van der Waals surface area (Å²) < 4.78 is 33.7. The Balaban J connectivity index is 1.21. The fourth-order valence-corrected chi connectivity index (χ4v) is 7.81. The Bertz CT molecular complexity index is 1450. The monoisotopic (exact) mass is 559 g/mol. The van der Waals surface area contributed by atoms with Gasteiger partial charge in [0.25, 0.3) is 10.0 Å². The third-order valence-electron chi connectivity index (χ3n) is 5.76. The van der Waals surface area contributed by atoms with Crippen molar-refractivity contribution in [3.05, 3.63) is 76.4 Å². The first-order valence-corrected chi connectivity index (χ1v) is 14.7. The predicted octanol–water partition coefficient (Wildman–Crippen LogP) is 6.36. The molecule has 0 radical (unpaired) electrons. The van der Waals surface area contributed by atoms with Crippen LogP contribution in [0, 0.1) is 5.92 Å². The Labute approximate surface area is 222 Å². The Morgan fingerprint density at radius 2 is 1.81 bits per heavy atom. The molecule has 0 aliphatic carbocycles. The van der Waals surface area contributed by atoms with Crippen LogP contribution in [0.25, 0.3) is 11.3 Å². The average molecular weight is 560 g/mol. The molecule has 0 bridgehead atoms. The summed E-state index contributed by atoms with van der Waals surface area (Å²) in [6.07, 6.45) is 1.22. The molecule has 186 valence electrons. The van der Waals surface area contributed by atoms with Crippen LogP contribution in [-0.2, 0) is 14.8 Å². The van der Waals surface area contributed by atoms with E-state index in [1.165, 1.54) is 21.7 Å². The summed E-state index contributed by atoms with van der Waals surface area (Å²) in [5, 5.41) is 5.22. The van der Waals surface area contributed by atoms with Crippen molar-refractivity contribution in [3.8, 4) is 22.8 Å². The molecule has 2 aromatic carbocycles. The first-order chi connectivity index (χ1) is 17.4. The minimum Gasteiger partial charge on any atom is -0.457 e. The third-order valence-corrected chi connectivity index (χ3v) is 10.1. The standard InChI is InChI=1S/C25H22ClN3O4S3/c26-22-12-13-23(35-22)36(31,32)29-14-4-5-18(15-29)24(30)28-25-27-21(16-34-25)17-8-10-20(11-9-17)33-19-6-2-1-3-7-19/h1-3,6-13,16,18H,4-5,14-15H2,(H,27,28,30). The number of hydrogen-bond acceptors (Lipinski definition) is 7. The van der Waals surface area contributed by atoms with E-state index in [1.54, 1.807) is 6.07 Å². The number of carbonyl (C=O) groups excluding carboxylic acids is 1. The molecule has 1 unspecified atom stereocenters. The number of nitrogens with one attached hydrogen (secondary N) is 1. The first-order valence-electron chi connectivity index (χ1n) is 11.2. The molecule has 1 N–H and O–H groups in total. The molecular weight excluding hydrogens is 538 g/mol. The van der Waals surface area contributed by atoms with E-state index in [2.05, 4.69) is 10.3 Å². The van der Waals surface area contributed by atoms with Crippen LogP contribution in [0.5, 0.6) is 11.5 Å². The molecule has 1 amide bonds. The van der Waals surface area contributed by atoms with Crippen molar-refractivity contribution in [2.75, 3.05) is 18.4 Å². The largest absolute Gasteiger partial charge is 0.457 e. The summed E-state index contributed by atoms with van der Waals surface area (Å²) in [7, 11) is -3.67. The maximum absolute atomic E-state index is 12.9. The Kier molecular flexibility index (Phi) is 7.40. The topological polar surface area (TPSA) is 88.6 Å². The SMILES string of the molecule is O=C(Nc1nc(-c2ccc(Oc3ccccc3)cc2)cs1)C1CCCN(S(=O)(=O)c2ccc(Cl)s2)C1. The zero-order chi connectivity index (χ0) is 25.1. The van der Waals surface area contributed by atoms with Crippen LogP contribution in [0.1, 0.15) is 12.8 Å². The summed E-state index contributed by atoms with van der Waals surface area (Å²) >= 11 is 8.27. The number of amides is 1. The van der Waals surface area contributed by atoms with Gasteiger partial charge >= 0.3 is 0 Å². The lowest BCUT2D eigenvalue weighted by Gasteiger charge is -2.30. The van der Waals surface area contributed by atoms with Gasteiger partial charge in [-0.05, 0) is 61.4 Å². The molecular formula is C25H22ClN3O4S3. The summed E-state index contributed by atoms with van der Waals surface area (Å²) in [5.41, 5.74) is 1.64. The number of thiazole rings is 1. The Morgan fingerprint density at radius 3 is 2.53 bits per heavy atom. The van der Waals surface area contributed by atoms with Crippen molar-refractivity contribution in [1.82, 2.24) is 9.29 Å². The Hall–Kier alpha value is -2.76. The van der Waals surface area contributed by atoms with E-state index < -0.39 is 15.9 Å². The van der Waals surface area contributed by atoms with Crippen molar-refractivity contribution in [2.45, 2.75) is 17.1 Å².